The second-order valence-corrected chi connectivity index (χ2v) is 5.87. The molecule has 1 heterocycles. The number of ether oxygens (including phenoxy) is 1. The van der Waals surface area contributed by atoms with E-state index in [1.54, 1.807) is 13.2 Å². The number of methoxy groups -OCH3 is 1. The molecule has 21 heavy (non-hydrogen) atoms. The standard InChI is InChI=1S/C16H26FN3O/c1-19(2)8-4-5-9-20-11-12-15(21-3)7-6-13(17)16(12)14(20)10-18/h6-7,14H,4-5,8-11,18H2,1-3H3. The van der Waals surface area contributed by atoms with Crippen molar-refractivity contribution in [3.8, 4) is 5.75 Å². The van der Waals surface area contributed by atoms with Gasteiger partial charge in [-0.1, -0.05) is 0 Å². The summed E-state index contributed by atoms with van der Waals surface area (Å²) in [6.07, 6.45) is 2.23. The van der Waals surface area contributed by atoms with E-state index in [0.717, 1.165) is 49.4 Å². The lowest BCUT2D eigenvalue weighted by Crippen LogP contribution is -2.29. The van der Waals surface area contributed by atoms with Crippen molar-refractivity contribution in [2.75, 3.05) is 40.8 Å². The van der Waals surface area contributed by atoms with Gasteiger partial charge in [0.05, 0.1) is 13.2 Å². The molecule has 1 atom stereocenters. The largest absolute Gasteiger partial charge is 0.496 e. The Labute approximate surface area is 126 Å². The maximum atomic E-state index is 14.2. The summed E-state index contributed by atoms with van der Waals surface area (Å²) in [6.45, 7) is 3.17. The van der Waals surface area contributed by atoms with Crippen LogP contribution in [-0.4, -0.2) is 50.6 Å². The van der Waals surface area contributed by atoms with E-state index in [1.165, 1.54) is 6.07 Å². The van der Waals surface area contributed by atoms with Crippen molar-refractivity contribution < 1.29 is 9.13 Å². The first-order valence-electron chi connectivity index (χ1n) is 7.52. The summed E-state index contributed by atoms with van der Waals surface area (Å²) in [7, 11) is 5.79. The molecular weight excluding hydrogens is 269 g/mol. The van der Waals surface area contributed by atoms with Crippen LogP contribution in [0.5, 0.6) is 5.75 Å². The Morgan fingerprint density at radius 2 is 2.14 bits per heavy atom. The van der Waals surface area contributed by atoms with E-state index in [9.17, 15) is 4.39 Å². The van der Waals surface area contributed by atoms with Gasteiger partial charge in [0.15, 0.2) is 0 Å². The molecule has 0 saturated carbocycles. The maximum Gasteiger partial charge on any atom is 0.128 e. The zero-order valence-electron chi connectivity index (χ0n) is 13.2. The highest BCUT2D eigenvalue weighted by molar-refractivity contribution is 5.45. The summed E-state index contributed by atoms with van der Waals surface area (Å²) < 4.78 is 19.5. The number of nitrogens with zero attached hydrogens (tertiary/aromatic N) is 2. The van der Waals surface area contributed by atoms with Gasteiger partial charge in [-0.15, -0.1) is 0 Å². The number of fused-ring (bicyclic) bond motifs is 1. The topological polar surface area (TPSA) is 41.7 Å². The molecule has 0 spiro atoms. The molecule has 0 fully saturated rings. The summed E-state index contributed by atoms with van der Waals surface area (Å²) in [5.41, 5.74) is 7.58. The average Bonchev–Trinajstić information content (AvgIpc) is 2.83. The number of unbranched alkanes of at least 4 members (excludes halogenated alkanes) is 1. The molecule has 1 aromatic rings. The zero-order chi connectivity index (χ0) is 15.4. The lowest BCUT2D eigenvalue weighted by Gasteiger charge is -2.24. The van der Waals surface area contributed by atoms with Crippen LogP contribution in [0, 0.1) is 5.82 Å². The lowest BCUT2D eigenvalue weighted by molar-refractivity contribution is 0.209. The van der Waals surface area contributed by atoms with Crippen LogP contribution in [0.25, 0.3) is 0 Å². The van der Waals surface area contributed by atoms with Crippen LogP contribution in [0.1, 0.15) is 30.0 Å². The molecule has 0 saturated heterocycles. The van der Waals surface area contributed by atoms with E-state index in [-0.39, 0.29) is 11.9 Å². The predicted molar refractivity (Wildman–Crippen MR) is 82.9 cm³/mol. The third-order valence-electron chi connectivity index (χ3n) is 4.14. The van der Waals surface area contributed by atoms with Crippen molar-refractivity contribution in [2.45, 2.75) is 25.4 Å². The number of halogens is 1. The fraction of sp³-hybridized carbons (Fsp3) is 0.625. The minimum absolute atomic E-state index is 0.0329. The monoisotopic (exact) mass is 295 g/mol. The molecule has 4 nitrogen and oxygen atoms in total. The van der Waals surface area contributed by atoms with Crippen molar-refractivity contribution in [1.82, 2.24) is 9.80 Å². The van der Waals surface area contributed by atoms with Crippen molar-refractivity contribution in [3.05, 3.63) is 29.1 Å². The molecule has 5 heteroatoms. The van der Waals surface area contributed by atoms with Crippen molar-refractivity contribution in [2.24, 2.45) is 5.73 Å². The van der Waals surface area contributed by atoms with Crippen molar-refractivity contribution >= 4 is 0 Å². The SMILES string of the molecule is COc1ccc(F)c2c1CN(CCCCN(C)C)C2CN. The first kappa shape index (κ1) is 16.2. The second kappa shape index (κ2) is 7.20. The van der Waals surface area contributed by atoms with Gasteiger partial charge in [-0.05, 0) is 52.2 Å². The Hall–Kier alpha value is -1.17. The molecule has 1 aromatic carbocycles. The van der Waals surface area contributed by atoms with Crippen LogP contribution in [0.3, 0.4) is 0 Å². The average molecular weight is 295 g/mol. The minimum atomic E-state index is -0.169. The molecule has 2 rings (SSSR count). The molecule has 0 amide bonds. The molecule has 0 aromatic heterocycles. The highest BCUT2D eigenvalue weighted by Crippen LogP contribution is 2.39. The highest BCUT2D eigenvalue weighted by Gasteiger charge is 2.33. The van der Waals surface area contributed by atoms with Crippen LogP contribution >= 0.6 is 0 Å². The molecule has 2 N–H and O–H groups in total. The Bertz CT molecular complexity index is 479. The fourth-order valence-corrected chi connectivity index (χ4v) is 3.07. The Morgan fingerprint density at radius 1 is 1.38 bits per heavy atom. The first-order valence-corrected chi connectivity index (χ1v) is 7.52. The minimum Gasteiger partial charge on any atom is -0.496 e. The quantitative estimate of drug-likeness (QED) is 0.781. The smallest absolute Gasteiger partial charge is 0.128 e. The fourth-order valence-electron chi connectivity index (χ4n) is 3.07. The number of nitrogens with two attached hydrogens (primary N) is 1. The van der Waals surface area contributed by atoms with Gasteiger partial charge >= 0.3 is 0 Å². The van der Waals surface area contributed by atoms with Crippen LogP contribution in [-0.2, 0) is 6.54 Å². The number of rotatable bonds is 7. The lowest BCUT2D eigenvalue weighted by atomic mass is 10.0. The van der Waals surface area contributed by atoms with E-state index in [1.807, 2.05) is 0 Å². The Kier molecular flexibility index (Phi) is 5.56. The van der Waals surface area contributed by atoms with Gasteiger partial charge in [0, 0.05) is 24.2 Å². The zero-order valence-corrected chi connectivity index (χ0v) is 13.2. The van der Waals surface area contributed by atoms with Crippen LogP contribution < -0.4 is 10.5 Å². The van der Waals surface area contributed by atoms with E-state index >= 15 is 0 Å². The molecule has 1 unspecified atom stereocenters. The number of hydrogen-bond acceptors (Lipinski definition) is 4. The molecule has 118 valence electrons. The Morgan fingerprint density at radius 3 is 2.76 bits per heavy atom. The van der Waals surface area contributed by atoms with E-state index < -0.39 is 0 Å². The van der Waals surface area contributed by atoms with Gasteiger partial charge in [0.2, 0.25) is 0 Å². The molecule has 0 bridgehead atoms. The molecule has 0 radical (unpaired) electrons. The molecule has 1 aliphatic rings. The normalized spacial score (nSPS) is 18.3. The van der Waals surface area contributed by atoms with Gasteiger partial charge in [0.25, 0.3) is 0 Å². The first-order chi connectivity index (χ1) is 10.1. The van der Waals surface area contributed by atoms with E-state index in [0.29, 0.717) is 6.54 Å². The van der Waals surface area contributed by atoms with Crippen molar-refractivity contribution in [1.29, 1.82) is 0 Å². The number of hydrogen-bond donors (Lipinski definition) is 1. The van der Waals surface area contributed by atoms with Gasteiger partial charge in [0.1, 0.15) is 11.6 Å². The highest BCUT2D eigenvalue weighted by atomic mass is 19.1. The summed E-state index contributed by atoms with van der Waals surface area (Å²) in [4.78, 5) is 4.45. The number of benzene rings is 1. The van der Waals surface area contributed by atoms with Gasteiger partial charge in [-0.25, -0.2) is 4.39 Å². The third-order valence-corrected chi connectivity index (χ3v) is 4.14. The van der Waals surface area contributed by atoms with Crippen molar-refractivity contribution in [3.63, 3.8) is 0 Å². The Balaban J connectivity index is 2.08. The van der Waals surface area contributed by atoms with Gasteiger partial charge < -0.3 is 15.4 Å². The molecular formula is C16H26FN3O. The van der Waals surface area contributed by atoms with E-state index in [4.69, 9.17) is 10.5 Å². The van der Waals surface area contributed by atoms with Gasteiger partial charge in [-0.2, -0.15) is 0 Å². The van der Waals surface area contributed by atoms with Gasteiger partial charge in [-0.3, -0.25) is 4.90 Å². The van der Waals surface area contributed by atoms with Crippen LogP contribution in [0.2, 0.25) is 0 Å². The summed E-state index contributed by atoms with van der Waals surface area (Å²) in [5.74, 6) is 0.595. The predicted octanol–water partition coefficient (Wildman–Crippen LogP) is 1.99. The van der Waals surface area contributed by atoms with Crippen LogP contribution in [0.15, 0.2) is 12.1 Å². The third kappa shape index (κ3) is 3.54. The maximum absolute atomic E-state index is 14.2. The summed E-state index contributed by atoms with van der Waals surface area (Å²) in [5, 5.41) is 0. The summed E-state index contributed by atoms with van der Waals surface area (Å²) in [6, 6.07) is 3.15. The summed E-state index contributed by atoms with van der Waals surface area (Å²) >= 11 is 0. The second-order valence-electron chi connectivity index (χ2n) is 5.87. The van der Waals surface area contributed by atoms with Crippen LogP contribution in [0.4, 0.5) is 4.39 Å². The molecule has 1 aliphatic heterocycles. The van der Waals surface area contributed by atoms with E-state index in [2.05, 4.69) is 23.9 Å². The molecule has 0 aliphatic carbocycles.